The Hall–Kier alpha value is -0.870. The van der Waals surface area contributed by atoms with Crippen LogP contribution in [0.5, 0.6) is 0 Å². The molecule has 4 heteroatoms. The molecule has 1 N–H and O–H groups in total. The summed E-state index contributed by atoms with van der Waals surface area (Å²) < 4.78 is 5.51. The lowest BCUT2D eigenvalue weighted by Crippen LogP contribution is -2.23. The van der Waals surface area contributed by atoms with Crippen molar-refractivity contribution in [3.63, 3.8) is 0 Å². The van der Waals surface area contributed by atoms with Gasteiger partial charge in [-0.15, -0.1) is 0 Å². The van der Waals surface area contributed by atoms with Crippen LogP contribution in [0.15, 0.2) is 24.3 Å². The molecule has 1 aliphatic rings. The van der Waals surface area contributed by atoms with Gasteiger partial charge in [-0.3, -0.25) is 4.79 Å². The van der Waals surface area contributed by atoms with Crippen molar-refractivity contribution in [1.82, 2.24) is 5.32 Å². The van der Waals surface area contributed by atoms with Gasteiger partial charge in [0.05, 0.1) is 6.10 Å². The SMILES string of the molecule is O=C(CCC1CCCO1)NCc1ccc(CBr)cc1. The molecule has 0 bridgehead atoms. The summed E-state index contributed by atoms with van der Waals surface area (Å²) in [5, 5.41) is 3.82. The van der Waals surface area contributed by atoms with Crippen molar-refractivity contribution in [2.24, 2.45) is 0 Å². The molecule has 0 aliphatic carbocycles. The predicted molar refractivity (Wildman–Crippen MR) is 79.1 cm³/mol. The lowest BCUT2D eigenvalue weighted by Gasteiger charge is -2.09. The molecule has 1 unspecified atom stereocenters. The maximum atomic E-state index is 11.7. The van der Waals surface area contributed by atoms with Gasteiger partial charge in [-0.2, -0.15) is 0 Å². The van der Waals surface area contributed by atoms with E-state index in [1.54, 1.807) is 0 Å². The fourth-order valence-corrected chi connectivity index (χ4v) is 2.57. The van der Waals surface area contributed by atoms with E-state index in [4.69, 9.17) is 4.74 Å². The topological polar surface area (TPSA) is 38.3 Å². The van der Waals surface area contributed by atoms with E-state index in [1.165, 1.54) is 5.56 Å². The molecular weight excluding hydrogens is 306 g/mol. The van der Waals surface area contributed by atoms with Crippen LogP contribution in [0.2, 0.25) is 0 Å². The van der Waals surface area contributed by atoms with Crippen LogP contribution in [-0.4, -0.2) is 18.6 Å². The van der Waals surface area contributed by atoms with E-state index < -0.39 is 0 Å². The summed E-state index contributed by atoms with van der Waals surface area (Å²) in [6, 6.07) is 8.25. The van der Waals surface area contributed by atoms with E-state index in [0.29, 0.717) is 19.1 Å². The van der Waals surface area contributed by atoms with Crippen LogP contribution >= 0.6 is 15.9 Å². The largest absolute Gasteiger partial charge is 0.378 e. The van der Waals surface area contributed by atoms with Crippen molar-refractivity contribution in [1.29, 1.82) is 0 Å². The lowest BCUT2D eigenvalue weighted by atomic mass is 10.1. The van der Waals surface area contributed by atoms with E-state index in [1.807, 2.05) is 0 Å². The van der Waals surface area contributed by atoms with Gasteiger partial charge in [0, 0.05) is 24.9 Å². The third-order valence-corrected chi connectivity index (χ3v) is 4.03. The number of ether oxygens (including phenoxy) is 1. The molecular formula is C15H20BrNO2. The number of halogens is 1. The first kappa shape index (κ1) is 14.5. The molecule has 0 aromatic heterocycles. The molecule has 1 atom stereocenters. The fourth-order valence-electron chi connectivity index (χ4n) is 2.20. The standard InChI is InChI=1S/C15H20BrNO2/c16-10-12-3-5-13(6-4-12)11-17-15(18)8-7-14-2-1-9-19-14/h3-6,14H,1-2,7-11H2,(H,17,18). The number of carbonyl (C=O) groups is 1. The fraction of sp³-hybridized carbons (Fsp3) is 0.533. The quantitative estimate of drug-likeness (QED) is 0.816. The van der Waals surface area contributed by atoms with Crippen molar-refractivity contribution in [2.45, 2.75) is 43.7 Å². The van der Waals surface area contributed by atoms with Crippen molar-refractivity contribution in [3.8, 4) is 0 Å². The first-order chi connectivity index (χ1) is 9.28. The highest BCUT2D eigenvalue weighted by Crippen LogP contribution is 2.16. The van der Waals surface area contributed by atoms with Gasteiger partial charge in [0.1, 0.15) is 0 Å². The second-order valence-corrected chi connectivity index (χ2v) is 5.46. The summed E-state index contributed by atoms with van der Waals surface area (Å²) in [6.07, 6.45) is 3.93. The van der Waals surface area contributed by atoms with Crippen LogP contribution < -0.4 is 5.32 Å². The van der Waals surface area contributed by atoms with Gasteiger partial charge < -0.3 is 10.1 Å². The number of benzene rings is 1. The summed E-state index contributed by atoms with van der Waals surface area (Å²) >= 11 is 3.42. The monoisotopic (exact) mass is 325 g/mol. The molecule has 0 spiro atoms. The highest BCUT2D eigenvalue weighted by Gasteiger charge is 2.16. The molecule has 0 radical (unpaired) electrons. The van der Waals surface area contributed by atoms with Gasteiger partial charge >= 0.3 is 0 Å². The third kappa shape index (κ3) is 4.96. The van der Waals surface area contributed by atoms with Gasteiger partial charge in [-0.1, -0.05) is 40.2 Å². The zero-order valence-corrected chi connectivity index (χ0v) is 12.6. The number of nitrogens with one attached hydrogen (secondary N) is 1. The Bertz CT molecular complexity index is 399. The maximum absolute atomic E-state index is 11.7. The Balaban J connectivity index is 1.67. The molecule has 104 valence electrons. The normalized spacial score (nSPS) is 18.5. The predicted octanol–water partition coefficient (Wildman–Crippen LogP) is 3.16. The number of carbonyl (C=O) groups excluding carboxylic acids is 1. The summed E-state index contributed by atoms with van der Waals surface area (Å²) in [5.74, 6) is 0.111. The second kappa shape index (κ2) is 7.65. The molecule has 19 heavy (non-hydrogen) atoms. The molecule has 1 saturated heterocycles. The Morgan fingerprint density at radius 2 is 2.05 bits per heavy atom. The number of alkyl halides is 1. The molecule has 1 aromatic carbocycles. The Morgan fingerprint density at radius 1 is 1.32 bits per heavy atom. The molecule has 1 fully saturated rings. The van der Waals surface area contributed by atoms with E-state index in [9.17, 15) is 4.79 Å². The lowest BCUT2D eigenvalue weighted by molar-refractivity contribution is -0.121. The highest BCUT2D eigenvalue weighted by atomic mass is 79.9. The van der Waals surface area contributed by atoms with E-state index >= 15 is 0 Å². The summed E-state index contributed by atoms with van der Waals surface area (Å²) in [4.78, 5) is 11.7. The van der Waals surface area contributed by atoms with Crippen LogP contribution in [0.3, 0.4) is 0 Å². The number of hydrogen-bond acceptors (Lipinski definition) is 2. The average molecular weight is 326 g/mol. The van der Waals surface area contributed by atoms with Gasteiger partial charge in [0.15, 0.2) is 0 Å². The molecule has 3 nitrogen and oxygen atoms in total. The van der Waals surface area contributed by atoms with E-state index in [0.717, 1.165) is 36.8 Å². The van der Waals surface area contributed by atoms with Crippen molar-refractivity contribution < 1.29 is 9.53 Å². The van der Waals surface area contributed by atoms with Crippen LogP contribution in [0.25, 0.3) is 0 Å². The average Bonchev–Trinajstić information content (AvgIpc) is 2.96. The number of rotatable bonds is 6. The van der Waals surface area contributed by atoms with E-state index in [2.05, 4.69) is 45.5 Å². The third-order valence-electron chi connectivity index (χ3n) is 3.38. The van der Waals surface area contributed by atoms with Crippen LogP contribution in [0.4, 0.5) is 0 Å². The molecule has 1 aliphatic heterocycles. The molecule has 0 saturated carbocycles. The van der Waals surface area contributed by atoms with E-state index in [-0.39, 0.29) is 5.91 Å². The molecule has 1 heterocycles. The van der Waals surface area contributed by atoms with Gasteiger partial charge in [0.25, 0.3) is 0 Å². The first-order valence-electron chi connectivity index (χ1n) is 6.80. The van der Waals surface area contributed by atoms with Gasteiger partial charge in [-0.05, 0) is 30.4 Å². The minimum absolute atomic E-state index is 0.111. The minimum Gasteiger partial charge on any atom is -0.378 e. The Kier molecular flexibility index (Phi) is 5.86. The van der Waals surface area contributed by atoms with Crippen molar-refractivity contribution in [3.05, 3.63) is 35.4 Å². The van der Waals surface area contributed by atoms with Gasteiger partial charge in [-0.25, -0.2) is 0 Å². The van der Waals surface area contributed by atoms with Crippen molar-refractivity contribution in [2.75, 3.05) is 6.61 Å². The van der Waals surface area contributed by atoms with Crippen molar-refractivity contribution >= 4 is 21.8 Å². The number of amides is 1. The highest BCUT2D eigenvalue weighted by molar-refractivity contribution is 9.08. The molecule has 1 amide bonds. The Morgan fingerprint density at radius 3 is 2.68 bits per heavy atom. The Labute approximate surface area is 122 Å². The zero-order valence-electron chi connectivity index (χ0n) is 11.0. The van der Waals surface area contributed by atoms with Crippen LogP contribution in [0.1, 0.15) is 36.8 Å². The first-order valence-corrected chi connectivity index (χ1v) is 7.92. The smallest absolute Gasteiger partial charge is 0.220 e. The molecule has 2 rings (SSSR count). The zero-order chi connectivity index (χ0) is 13.5. The maximum Gasteiger partial charge on any atom is 0.220 e. The summed E-state index contributed by atoms with van der Waals surface area (Å²) in [6.45, 7) is 1.46. The minimum atomic E-state index is 0.111. The number of hydrogen-bond donors (Lipinski definition) is 1. The van der Waals surface area contributed by atoms with Crippen LogP contribution in [0, 0.1) is 0 Å². The molecule has 1 aromatic rings. The van der Waals surface area contributed by atoms with Gasteiger partial charge in [0.2, 0.25) is 5.91 Å². The second-order valence-electron chi connectivity index (χ2n) is 4.90. The van der Waals surface area contributed by atoms with Crippen LogP contribution in [-0.2, 0) is 21.4 Å². The summed E-state index contributed by atoms with van der Waals surface area (Å²) in [7, 11) is 0. The summed E-state index contributed by atoms with van der Waals surface area (Å²) in [5.41, 5.74) is 2.38.